The number of nitro groups is 1. The minimum absolute atomic E-state index is 0.0222. The predicted octanol–water partition coefficient (Wildman–Crippen LogP) is 3.25. The molecule has 0 spiro atoms. The third-order valence-electron chi connectivity index (χ3n) is 6.36. The van der Waals surface area contributed by atoms with Crippen LogP contribution in [0.15, 0.2) is 70.3 Å². The number of ether oxygens (including phenoxy) is 1. The Morgan fingerprint density at radius 2 is 1.86 bits per heavy atom. The van der Waals surface area contributed by atoms with E-state index in [9.17, 15) is 24.8 Å². The van der Waals surface area contributed by atoms with Crippen molar-refractivity contribution in [1.82, 2.24) is 9.80 Å². The van der Waals surface area contributed by atoms with Gasteiger partial charge in [0.15, 0.2) is 11.5 Å². The van der Waals surface area contributed by atoms with Crippen LogP contribution in [0.2, 0.25) is 0 Å². The Kier molecular flexibility index (Phi) is 6.06. The van der Waals surface area contributed by atoms with Gasteiger partial charge < -0.3 is 19.2 Å². The highest BCUT2D eigenvalue weighted by Crippen LogP contribution is 2.40. The minimum atomic E-state index is -0.996. The number of hydrogen-bond acceptors (Lipinski definition) is 8. The Morgan fingerprint density at radius 1 is 1.09 bits per heavy atom. The maximum Gasteiger partial charge on any atom is 0.290 e. The Balaban J connectivity index is 1.53. The summed E-state index contributed by atoms with van der Waals surface area (Å²) in [6.07, 6.45) is 0. The molecule has 2 aliphatic heterocycles. The molecule has 1 aromatic heterocycles. The average Bonchev–Trinajstić information content (AvgIpc) is 3.42. The number of hydrogen-bond donors (Lipinski definition) is 1. The van der Waals surface area contributed by atoms with Crippen molar-refractivity contribution in [2.45, 2.75) is 6.04 Å². The van der Waals surface area contributed by atoms with Gasteiger partial charge in [0, 0.05) is 43.7 Å². The molecule has 1 amide bonds. The van der Waals surface area contributed by atoms with Crippen LogP contribution < -0.4 is 0 Å². The molecule has 3 aromatic rings. The van der Waals surface area contributed by atoms with Gasteiger partial charge in [-0.05, 0) is 17.7 Å². The lowest BCUT2D eigenvalue weighted by Gasteiger charge is -2.31. The Labute approximate surface area is 200 Å². The van der Waals surface area contributed by atoms with Gasteiger partial charge in [0.2, 0.25) is 5.78 Å². The Hall–Kier alpha value is -4.02. The van der Waals surface area contributed by atoms with Crippen LogP contribution in [0, 0.1) is 10.1 Å². The highest BCUT2D eigenvalue weighted by Gasteiger charge is 2.44. The molecule has 0 bridgehead atoms. The monoisotopic (exact) mass is 477 g/mol. The number of Topliss-reactive ketones (excluding diaryl/α,β-unsaturated/α-hetero) is 1. The van der Waals surface area contributed by atoms with Gasteiger partial charge >= 0.3 is 0 Å². The third-order valence-corrected chi connectivity index (χ3v) is 6.36. The summed E-state index contributed by atoms with van der Waals surface area (Å²) in [6.45, 7) is 3.29. The summed E-state index contributed by atoms with van der Waals surface area (Å²) in [4.78, 5) is 41.1. The standard InChI is InChI=1S/C25H23N3O7/c29-23(20-15-16-4-1-2-7-19(16)35-20)21-22(17-5-3-6-18(14-17)28(32)33)27(25(31)24(21)30)9-8-26-10-12-34-13-11-26/h1-7,14-15,22,30H,8-13H2/t22-/m1/s1. The van der Waals surface area contributed by atoms with E-state index >= 15 is 0 Å². The van der Waals surface area contributed by atoms with Crippen molar-refractivity contribution in [3.63, 3.8) is 0 Å². The number of nitrogens with zero attached hydrogens (tertiary/aromatic N) is 3. The molecule has 0 aliphatic carbocycles. The van der Waals surface area contributed by atoms with E-state index in [-0.39, 0.29) is 23.6 Å². The molecule has 3 heterocycles. The fourth-order valence-corrected chi connectivity index (χ4v) is 4.57. The lowest BCUT2D eigenvalue weighted by atomic mass is 9.94. The van der Waals surface area contributed by atoms with E-state index in [1.807, 2.05) is 0 Å². The molecule has 0 radical (unpaired) electrons. The van der Waals surface area contributed by atoms with Gasteiger partial charge in [-0.1, -0.05) is 30.3 Å². The van der Waals surface area contributed by atoms with Crippen molar-refractivity contribution in [1.29, 1.82) is 0 Å². The van der Waals surface area contributed by atoms with Crippen LogP contribution in [0.5, 0.6) is 0 Å². The van der Waals surface area contributed by atoms with Crippen molar-refractivity contribution >= 4 is 28.3 Å². The van der Waals surface area contributed by atoms with E-state index in [4.69, 9.17) is 9.15 Å². The zero-order valence-corrected chi connectivity index (χ0v) is 18.8. The second-order valence-corrected chi connectivity index (χ2v) is 8.45. The van der Waals surface area contributed by atoms with Gasteiger partial charge in [-0.2, -0.15) is 0 Å². The van der Waals surface area contributed by atoms with Crippen LogP contribution in [-0.4, -0.2) is 70.9 Å². The molecule has 180 valence electrons. The number of aliphatic hydroxyl groups excluding tert-OH is 1. The number of rotatable bonds is 7. The number of benzene rings is 2. The van der Waals surface area contributed by atoms with Crippen molar-refractivity contribution in [2.24, 2.45) is 0 Å². The summed E-state index contributed by atoms with van der Waals surface area (Å²) in [5.74, 6) is -2.04. The number of amides is 1. The van der Waals surface area contributed by atoms with Crippen molar-refractivity contribution in [3.8, 4) is 0 Å². The normalized spacial score (nSPS) is 19.0. The molecule has 5 rings (SSSR count). The lowest BCUT2D eigenvalue weighted by molar-refractivity contribution is -0.384. The first kappa shape index (κ1) is 22.8. The molecule has 10 nitrogen and oxygen atoms in total. The van der Waals surface area contributed by atoms with E-state index in [1.165, 1.54) is 23.1 Å². The van der Waals surface area contributed by atoms with E-state index in [2.05, 4.69) is 4.90 Å². The number of fused-ring (bicyclic) bond motifs is 1. The van der Waals surface area contributed by atoms with Gasteiger partial charge in [-0.25, -0.2) is 0 Å². The van der Waals surface area contributed by atoms with E-state index < -0.39 is 28.4 Å². The predicted molar refractivity (Wildman–Crippen MR) is 125 cm³/mol. The molecule has 1 N–H and O–H groups in total. The van der Waals surface area contributed by atoms with Crippen LogP contribution in [0.3, 0.4) is 0 Å². The summed E-state index contributed by atoms with van der Waals surface area (Å²) in [7, 11) is 0. The molecular weight excluding hydrogens is 454 g/mol. The molecule has 1 saturated heterocycles. The van der Waals surface area contributed by atoms with Crippen LogP contribution >= 0.6 is 0 Å². The number of para-hydroxylation sites is 1. The number of furan rings is 1. The van der Waals surface area contributed by atoms with E-state index in [0.717, 1.165) is 0 Å². The zero-order valence-electron chi connectivity index (χ0n) is 18.8. The first-order valence-corrected chi connectivity index (χ1v) is 11.3. The summed E-state index contributed by atoms with van der Waals surface area (Å²) in [5.41, 5.74) is 0.524. The number of ketones is 1. The van der Waals surface area contributed by atoms with Crippen molar-refractivity contribution < 1.29 is 28.8 Å². The van der Waals surface area contributed by atoms with Crippen LogP contribution in [-0.2, 0) is 9.53 Å². The second-order valence-electron chi connectivity index (χ2n) is 8.45. The maximum absolute atomic E-state index is 13.6. The fourth-order valence-electron chi connectivity index (χ4n) is 4.57. The fraction of sp³-hybridized carbons (Fsp3) is 0.280. The van der Waals surface area contributed by atoms with Gasteiger partial charge in [0.1, 0.15) is 5.58 Å². The molecule has 10 heteroatoms. The summed E-state index contributed by atoms with van der Waals surface area (Å²) in [5, 5.41) is 23.0. The van der Waals surface area contributed by atoms with Crippen LogP contribution in [0.1, 0.15) is 22.2 Å². The Morgan fingerprint density at radius 3 is 2.60 bits per heavy atom. The number of morpholine rings is 1. The maximum atomic E-state index is 13.6. The number of carbonyl (C=O) groups excluding carboxylic acids is 2. The van der Waals surface area contributed by atoms with Gasteiger partial charge in [0.25, 0.3) is 11.6 Å². The molecule has 2 aromatic carbocycles. The number of carbonyl (C=O) groups is 2. The molecule has 0 saturated carbocycles. The van der Waals surface area contributed by atoms with Crippen molar-refractivity contribution in [2.75, 3.05) is 39.4 Å². The quantitative estimate of drug-likeness (QED) is 0.312. The molecule has 0 unspecified atom stereocenters. The number of aliphatic hydroxyl groups is 1. The van der Waals surface area contributed by atoms with Gasteiger partial charge in [-0.15, -0.1) is 0 Å². The number of nitro benzene ring substituents is 1. The highest BCUT2D eigenvalue weighted by atomic mass is 16.6. The Bertz CT molecular complexity index is 1310. The minimum Gasteiger partial charge on any atom is -0.503 e. The van der Waals surface area contributed by atoms with Crippen LogP contribution in [0.4, 0.5) is 5.69 Å². The zero-order chi connectivity index (χ0) is 24.5. The molecule has 2 aliphatic rings. The summed E-state index contributed by atoms with van der Waals surface area (Å²) >= 11 is 0. The van der Waals surface area contributed by atoms with Gasteiger partial charge in [-0.3, -0.25) is 24.6 Å². The topological polar surface area (TPSA) is 126 Å². The van der Waals surface area contributed by atoms with Gasteiger partial charge in [0.05, 0.1) is 29.8 Å². The number of non-ortho nitro benzene ring substituents is 1. The highest BCUT2D eigenvalue weighted by molar-refractivity contribution is 6.16. The van der Waals surface area contributed by atoms with Crippen LogP contribution in [0.25, 0.3) is 11.0 Å². The molecular formula is C25H23N3O7. The van der Waals surface area contributed by atoms with E-state index in [0.29, 0.717) is 49.4 Å². The third kappa shape index (κ3) is 4.29. The molecule has 1 atom stereocenters. The average molecular weight is 477 g/mol. The smallest absolute Gasteiger partial charge is 0.290 e. The summed E-state index contributed by atoms with van der Waals surface area (Å²) < 4.78 is 11.1. The van der Waals surface area contributed by atoms with Crippen molar-refractivity contribution in [3.05, 3.63) is 87.4 Å². The van der Waals surface area contributed by atoms with E-state index in [1.54, 1.807) is 36.4 Å². The summed E-state index contributed by atoms with van der Waals surface area (Å²) in [6, 6.07) is 13.4. The largest absolute Gasteiger partial charge is 0.503 e. The second kappa shape index (κ2) is 9.32. The molecule has 1 fully saturated rings. The first-order chi connectivity index (χ1) is 16.9. The molecule has 35 heavy (non-hydrogen) atoms. The lowest BCUT2D eigenvalue weighted by Crippen LogP contribution is -2.43. The first-order valence-electron chi connectivity index (χ1n) is 11.3. The SMILES string of the molecule is O=C(C1=C(O)C(=O)N(CCN2CCOCC2)[C@@H]1c1cccc([N+](=O)[O-])c1)c1cc2ccccc2o1.